The van der Waals surface area contributed by atoms with Gasteiger partial charge in [0, 0.05) is 17.4 Å². The fraction of sp³-hybridized carbons (Fsp3) is 0.267. The fourth-order valence-corrected chi connectivity index (χ4v) is 2.08. The summed E-state index contributed by atoms with van der Waals surface area (Å²) in [5.74, 6) is -0.0986. The molecule has 0 saturated heterocycles. The van der Waals surface area contributed by atoms with Gasteiger partial charge in [0.15, 0.2) is 0 Å². The Labute approximate surface area is 122 Å². The minimum atomic E-state index is -0.543. The second kappa shape index (κ2) is 6.61. The Bertz CT molecular complexity index is 584. The zero-order valence-corrected chi connectivity index (χ0v) is 12.0. The quantitative estimate of drug-likeness (QED) is 0.829. The zero-order valence-electron chi connectivity index (χ0n) is 11.1. The Hall–Kier alpha value is -1.75. The molecule has 5 heteroatoms. The molecule has 0 spiro atoms. The molecule has 0 fully saturated rings. The smallest absolute Gasteiger partial charge is 0.254 e. The summed E-state index contributed by atoms with van der Waals surface area (Å²) in [4.78, 5) is 12.5. The van der Waals surface area contributed by atoms with Crippen LogP contribution in [0.4, 0.5) is 4.39 Å². The summed E-state index contributed by atoms with van der Waals surface area (Å²) < 4.78 is 18.8. The van der Waals surface area contributed by atoms with Crippen molar-refractivity contribution >= 4 is 18.5 Å². The van der Waals surface area contributed by atoms with Crippen molar-refractivity contribution in [1.29, 1.82) is 0 Å². The van der Waals surface area contributed by atoms with Gasteiger partial charge in [0.1, 0.15) is 11.6 Å². The molecule has 106 valence electrons. The molecule has 1 aromatic heterocycles. The van der Waals surface area contributed by atoms with E-state index in [2.05, 4.69) is 17.9 Å². The van der Waals surface area contributed by atoms with Gasteiger partial charge in [-0.05, 0) is 43.7 Å². The number of nitrogens with one attached hydrogen (secondary N) is 1. The number of aryl methyl sites for hydroxylation is 1. The molecule has 1 aromatic carbocycles. The van der Waals surface area contributed by atoms with Gasteiger partial charge in [0.25, 0.3) is 5.91 Å². The van der Waals surface area contributed by atoms with Gasteiger partial charge >= 0.3 is 0 Å². The lowest BCUT2D eigenvalue weighted by atomic mass is 10.1. The summed E-state index contributed by atoms with van der Waals surface area (Å²) >= 11 is 4.11. The highest BCUT2D eigenvalue weighted by atomic mass is 32.1. The van der Waals surface area contributed by atoms with E-state index in [0.29, 0.717) is 4.90 Å². The van der Waals surface area contributed by atoms with Crippen molar-refractivity contribution in [2.75, 3.05) is 0 Å². The maximum absolute atomic E-state index is 13.6. The van der Waals surface area contributed by atoms with Gasteiger partial charge in [-0.15, -0.1) is 12.6 Å². The maximum atomic E-state index is 13.6. The monoisotopic (exact) mass is 293 g/mol. The van der Waals surface area contributed by atoms with Crippen LogP contribution in [0, 0.1) is 5.82 Å². The minimum absolute atomic E-state index is 0.0161. The summed E-state index contributed by atoms with van der Waals surface area (Å²) in [7, 11) is 0. The highest BCUT2D eigenvalue weighted by Crippen LogP contribution is 2.14. The lowest BCUT2D eigenvalue weighted by molar-refractivity contribution is 0.0934. The number of benzene rings is 1. The van der Waals surface area contributed by atoms with Crippen molar-refractivity contribution in [1.82, 2.24) is 5.32 Å². The molecule has 1 atom stereocenters. The molecule has 2 aromatic rings. The van der Waals surface area contributed by atoms with E-state index < -0.39 is 11.7 Å². The van der Waals surface area contributed by atoms with Gasteiger partial charge in [-0.25, -0.2) is 4.39 Å². The van der Waals surface area contributed by atoms with E-state index in [1.54, 1.807) is 6.26 Å². The van der Waals surface area contributed by atoms with Crippen LogP contribution in [-0.2, 0) is 6.42 Å². The van der Waals surface area contributed by atoms with Crippen LogP contribution in [0.1, 0.15) is 29.5 Å². The predicted octanol–water partition coefficient (Wildman–Crippen LogP) is 3.46. The third kappa shape index (κ3) is 3.87. The third-order valence-electron chi connectivity index (χ3n) is 2.98. The van der Waals surface area contributed by atoms with Crippen LogP contribution < -0.4 is 5.32 Å². The van der Waals surface area contributed by atoms with Crippen LogP contribution in [0.25, 0.3) is 0 Å². The number of carbonyl (C=O) groups excluding carboxylic acids is 1. The van der Waals surface area contributed by atoms with Gasteiger partial charge in [-0.3, -0.25) is 4.79 Å². The molecule has 1 unspecified atom stereocenters. The molecule has 0 aliphatic carbocycles. The van der Waals surface area contributed by atoms with Crippen LogP contribution in [0.2, 0.25) is 0 Å². The Morgan fingerprint density at radius 1 is 1.45 bits per heavy atom. The van der Waals surface area contributed by atoms with Crippen LogP contribution in [0.5, 0.6) is 0 Å². The van der Waals surface area contributed by atoms with Gasteiger partial charge in [-0.1, -0.05) is 0 Å². The molecule has 3 nitrogen and oxygen atoms in total. The average molecular weight is 293 g/mol. The number of hydrogen-bond donors (Lipinski definition) is 2. The Morgan fingerprint density at radius 3 is 2.95 bits per heavy atom. The maximum Gasteiger partial charge on any atom is 0.254 e. The number of halogens is 1. The van der Waals surface area contributed by atoms with Crippen molar-refractivity contribution in [2.24, 2.45) is 0 Å². The topological polar surface area (TPSA) is 42.2 Å². The minimum Gasteiger partial charge on any atom is -0.469 e. The van der Waals surface area contributed by atoms with Crippen LogP contribution in [0.15, 0.2) is 45.9 Å². The largest absolute Gasteiger partial charge is 0.469 e. The lowest BCUT2D eigenvalue weighted by Gasteiger charge is -2.13. The number of amides is 1. The second-order valence-electron chi connectivity index (χ2n) is 4.66. The van der Waals surface area contributed by atoms with Gasteiger partial charge in [0.2, 0.25) is 0 Å². The molecule has 1 heterocycles. The van der Waals surface area contributed by atoms with Crippen LogP contribution in [-0.4, -0.2) is 11.9 Å². The van der Waals surface area contributed by atoms with E-state index in [-0.39, 0.29) is 11.6 Å². The van der Waals surface area contributed by atoms with Crippen molar-refractivity contribution in [3.63, 3.8) is 0 Å². The Morgan fingerprint density at radius 2 is 2.25 bits per heavy atom. The van der Waals surface area contributed by atoms with E-state index in [0.717, 1.165) is 18.6 Å². The predicted molar refractivity (Wildman–Crippen MR) is 77.6 cm³/mol. The highest BCUT2D eigenvalue weighted by Gasteiger charge is 2.14. The van der Waals surface area contributed by atoms with Crippen molar-refractivity contribution in [3.8, 4) is 0 Å². The lowest BCUT2D eigenvalue weighted by Crippen LogP contribution is -2.33. The Kier molecular flexibility index (Phi) is 4.84. The van der Waals surface area contributed by atoms with E-state index in [1.165, 1.54) is 18.2 Å². The van der Waals surface area contributed by atoms with Crippen LogP contribution in [0.3, 0.4) is 0 Å². The molecule has 20 heavy (non-hydrogen) atoms. The van der Waals surface area contributed by atoms with Crippen molar-refractivity contribution in [2.45, 2.75) is 30.7 Å². The van der Waals surface area contributed by atoms with E-state index in [9.17, 15) is 9.18 Å². The average Bonchev–Trinajstić information content (AvgIpc) is 2.92. The van der Waals surface area contributed by atoms with Crippen LogP contribution >= 0.6 is 12.6 Å². The van der Waals surface area contributed by atoms with Crippen molar-refractivity contribution in [3.05, 3.63) is 53.7 Å². The number of hydrogen-bond acceptors (Lipinski definition) is 3. The van der Waals surface area contributed by atoms with Gasteiger partial charge < -0.3 is 9.73 Å². The first-order valence-corrected chi connectivity index (χ1v) is 6.82. The molecule has 1 N–H and O–H groups in total. The first kappa shape index (κ1) is 14.7. The normalized spacial score (nSPS) is 12.2. The first-order chi connectivity index (χ1) is 9.56. The van der Waals surface area contributed by atoms with Gasteiger partial charge in [0.05, 0.1) is 11.8 Å². The zero-order chi connectivity index (χ0) is 14.5. The highest BCUT2D eigenvalue weighted by molar-refractivity contribution is 7.80. The molecule has 1 amide bonds. The number of rotatable bonds is 5. The molecular weight excluding hydrogens is 277 g/mol. The second-order valence-corrected chi connectivity index (χ2v) is 5.17. The molecule has 0 radical (unpaired) electrons. The Balaban J connectivity index is 1.91. The van der Waals surface area contributed by atoms with E-state index in [1.807, 2.05) is 19.1 Å². The molecule has 2 rings (SSSR count). The van der Waals surface area contributed by atoms with E-state index >= 15 is 0 Å². The molecule has 0 aliphatic heterocycles. The SMILES string of the molecule is CC(CCc1ccco1)NC(=O)c1cc(S)ccc1F. The molecular formula is C15H16FNO2S. The summed E-state index contributed by atoms with van der Waals surface area (Å²) in [6.45, 7) is 1.88. The number of furan rings is 1. The summed E-state index contributed by atoms with van der Waals surface area (Å²) in [6.07, 6.45) is 3.07. The fourth-order valence-electron chi connectivity index (χ4n) is 1.87. The molecule has 0 aliphatic rings. The summed E-state index contributed by atoms with van der Waals surface area (Å²) in [5, 5.41) is 2.77. The molecule has 0 saturated carbocycles. The van der Waals surface area contributed by atoms with Gasteiger partial charge in [-0.2, -0.15) is 0 Å². The molecule has 0 bridgehead atoms. The summed E-state index contributed by atoms with van der Waals surface area (Å²) in [6, 6.07) is 7.81. The summed E-state index contributed by atoms with van der Waals surface area (Å²) in [5.41, 5.74) is 0.0161. The standard InChI is InChI=1S/C15H16FNO2S/c1-10(4-5-11-3-2-8-19-11)17-15(18)13-9-12(20)6-7-14(13)16/h2-3,6-10,20H,4-5H2,1H3,(H,17,18). The number of thiol groups is 1. The van der Waals surface area contributed by atoms with E-state index in [4.69, 9.17) is 4.42 Å². The van der Waals surface area contributed by atoms with Crippen molar-refractivity contribution < 1.29 is 13.6 Å². The number of carbonyl (C=O) groups is 1. The first-order valence-electron chi connectivity index (χ1n) is 6.38. The third-order valence-corrected chi connectivity index (χ3v) is 3.25.